The maximum atomic E-state index is 13.4. The van der Waals surface area contributed by atoms with Gasteiger partial charge in [-0.1, -0.05) is 69.7 Å². The summed E-state index contributed by atoms with van der Waals surface area (Å²) in [5.74, 6) is 2.42. The summed E-state index contributed by atoms with van der Waals surface area (Å²) in [6.45, 7) is 11.2. The van der Waals surface area contributed by atoms with Crippen LogP contribution >= 0.6 is 0 Å². The van der Waals surface area contributed by atoms with Crippen LogP contribution < -0.4 is 0 Å². The van der Waals surface area contributed by atoms with Crippen LogP contribution in [-0.2, 0) is 16.6 Å². The van der Waals surface area contributed by atoms with Gasteiger partial charge in [0.2, 0.25) is 0 Å². The highest BCUT2D eigenvalue weighted by molar-refractivity contribution is 5.89. The molecule has 1 aromatic heterocycles. The van der Waals surface area contributed by atoms with Crippen LogP contribution in [0.2, 0.25) is 0 Å². The summed E-state index contributed by atoms with van der Waals surface area (Å²) < 4.78 is 6.41. The molecule has 6 heteroatoms. The number of allylic oxidation sites excluding steroid dienone is 3. The van der Waals surface area contributed by atoms with Crippen LogP contribution in [0.4, 0.5) is 0 Å². The summed E-state index contributed by atoms with van der Waals surface area (Å²) in [4.78, 5) is 21.8. The second-order valence-corrected chi connectivity index (χ2v) is 15.1. The molecule has 1 heterocycles. The van der Waals surface area contributed by atoms with Crippen molar-refractivity contribution in [2.45, 2.75) is 128 Å². The Morgan fingerprint density at radius 3 is 2.67 bits per heavy atom. The van der Waals surface area contributed by atoms with Crippen molar-refractivity contribution in [3.63, 3.8) is 0 Å². The molecule has 4 saturated carbocycles. The van der Waals surface area contributed by atoms with Crippen molar-refractivity contribution in [3.05, 3.63) is 89.1 Å². The number of aliphatic hydroxyl groups is 2. The third-order valence-electron chi connectivity index (χ3n) is 12.1. The lowest BCUT2D eigenvalue weighted by molar-refractivity contribution is 0.0119. The van der Waals surface area contributed by atoms with Crippen molar-refractivity contribution in [2.75, 3.05) is 0 Å². The number of aliphatic hydroxyl groups excluding tert-OH is 2. The van der Waals surface area contributed by atoms with Crippen molar-refractivity contribution in [3.8, 4) is 0 Å². The largest absolute Gasteiger partial charge is 0.458 e. The molecular formula is C40H54N2O4. The van der Waals surface area contributed by atoms with Gasteiger partial charge >= 0.3 is 5.97 Å². The van der Waals surface area contributed by atoms with Gasteiger partial charge in [0.25, 0.3) is 0 Å². The van der Waals surface area contributed by atoms with E-state index in [0.717, 1.165) is 67.6 Å². The molecule has 4 aliphatic carbocycles. The van der Waals surface area contributed by atoms with E-state index < -0.39 is 12.2 Å². The molecule has 0 saturated heterocycles. The molecule has 1 aromatic carbocycles. The number of nitrogens with zero attached hydrogens (tertiary/aromatic N) is 1. The molecular weight excluding hydrogens is 572 g/mol. The molecule has 0 spiro atoms. The SMILES string of the molecule is C=C1/C(=C\C=C2/CCC[C@]3(C)[C@@H]([C@H](C)CC[C@H](OC(=O)c4ccccc4)C4(c5nc(CCC)c[nH]5)CC4)CC[C@@H]23)C[C@@H](O)C[C@@H]1O. The molecule has 0 radical (unpaired) electrons. The molecule has 46 heavy (non-hydrogen) atoms. The van der Waals surface area contributed by atoms with E-state index in [4.69, 9.17) is 9.72 Å². The lowest BCUT2D eigenvalue weighted by atomic mass is 9.60. The second-order valence-electron chi connectivity index (χ2n) is 15.1. The third kappa shape index (κ3) is 6.57. The fourth-order valence-corrected chi connectivity index (χ4v) is 9.36. The average Bonchev–Trinajstić information content (AvgIpc) is 3.57. The summed E-state index contributed by atoms with van der Waals surface area (Å²) in [7, 11) is 0. The molecule has 6 nitrogen and oxygen atoms in total. The summed E-state index contributed by atoms with van der Waals surface area (Å²) in [6.07, 6.45) is 17.8. The van der Waals surface area contributed by atoms with E-state index in [-0.39, 0.29) is 22.9 Å². The fourth-order valence-electron chi connectivity index (χ4n) is 9.36. The van der Waals surface area contributed by atoms with Crippen LogP contribution in [0.3, 0.4) is 0 Å². The van der Waals surface area contributed by atoms with E-state index in [1.807, 2.05) is 36.5 Å². The summed E-state index contributed by atoms with van der Waals surface area (Å²) in [5, 5.41) is 20.6. The van der Waals surface area contributed by atoms with Crippen LogP contribution in [0.1, 0.15) is 120 Å². The minimum atomic E-state index is -0.654. The van der Waals surface area contributed by atoms with Crippen molar-refractivity contribution < 1.29 is 19.7 Å². The lowest BCUT2D eigenvalue weighted by Gasteiger charge is -2.44. The summed E-state index contributed by atoms with van der Waals surface area (Å²) >= 11 is 0. The normalized spacial score (nSPS) is 31.9. The Kier molecular flexibility index (Phi) is 9.78. The summed E-state index contributed by atoms with van der Waals surface area (Å²) in [5.41, 5.74) is 4.97. The standard InChI is InChI=1S/C40H54N2O4/c1-5-10-31-25-41-38(42-31)40(21-22-40)36(46-37(45)29-11-7-6-8-12-29)19-14-26(2)33-17-18-34-28(13-9-20-39(33,34)4)15-16-30-23-32(43)24-35(44)27(30)3/h6-8,11-12,15-16,25-26,32-36,43-44H,3,5,9-10,13-14,17-24H2,1-2,4H3,(H,41,42)/b28-15+,30-16-/t26-,32-,33-,34+,35+,36+,39-/m1/s1. The maximum Gasteiger partial charge on any atom is 0.338 e. The Bertz CT molecular complexity index is 1450. The molecule has 2 aromatic rings. The lowest BCUT2D eigenvalue weighted by Crippen LogP contribution is -2.37. The van der Waals surface area contributed by atoms with Crippen LogP contribution in [0.25, 0.3) is 0 Å². The highest BCUT2D eigenvalue weighted by Crippen LogP contribution is 2.60. The zero-order valence-electron chi connectivity index (χ0n) is 28.1. The van der Waals surface area contributed by atoms with E-state index >= 15 is 0 Å². The number of hydrogen-bond donors (Lipinski definition) is 3. The van der Waals surface area contributed by atoms with Gasteiger partial charge in [-0.05, 0) is 117 Å². The molecule has 6 rings (SSSR count). The number of H-pyrrole nitrogens is 1. The predicted octanol–water partition coefficient (Wildman–Crippen LogP) is 8.18. The first-order valence-corrected chi connectivity index (χ1v) is 17.9. The van der Waals surface area contributed by atoms with Gasteiger partial charge in [0.1, 0.15) is 11.9 Å². The Balaban J connectivity index is 1.17. The molecule has 7 atom stereocenters. The van der Waals surface area contributed by atoms with Crippen LogP contribution in [0.15, 0.2) is 72.0 Å². The minimum Gasteiger partial charge on any atom is -0.458 e. The van der Waals surface area contributed by atoms with Gasteiger partial charge < -0.3 is 19.9 Å². The third-order valence-corrected chi connectivity index (χ3v) is 12.1. The number of esters is 1. The summed E-state index contributed by atoms with van der Waals surface area (Å²) in [6, 6.07) is 9.39. The van der Waals surface area contributed by atoms with Gasteiger partial charge in [-0.15, -0.1) is 0 Å². The van der Waals surface area contributed by atoms with E-state index in [1.54, 1.807) is 0 Å². The number of ether oxygens (including phenoxy) is 1. The first-order chi connectivity index (χ1) is 22.1. The Morgan fingerprint density at radius 2 is 1.93 bits per heavy atom. The maximum absolute atomic E-state index is 13.4. The molecule has 248 valence electrons. The van der Waals surface area contributed by atoms with E-state index in [9.17, 15) is 15.0 Å². The molecule has 4 fully saturated rings. The monoisotopic (exact) mass is 626 g/mol. The van der Waals surface area contributed by atoms with Gasteiger partial charge in [-0.25, -0.2) is 9.78 Å². The van der Waals surface area contributed by atoms with Crippen LogP contribution in [0, 0.1) is 23.2 Å². The number of rotatable bonds is 11. The zero-order valence-corrected chi connectivity index (χ0v) is 28.1. The molecule has 3 N–H and O–H groups in total. The number of nitrogens with one attached hydrogen (secondary N) is 1. The average molecular weight is 627 g/mol. The number of hydrogen-bond acceptors (Lipinski definition) is 5. The number of carbonyl (C=O) groups is 1. The first-order valence-electron chi connectivity index (χ1n) is 17.9. The van der Waals surface area contributed by atoms with Gasteiger partial charge in [0, 0.05) is 12.6 Å². The topological polar surface area (TPSA) is 95.4 Å². The molecule has 0 bridgehead atoms. The van der Waals surface area contributed by atoms with Gasteiger partial charge in [0.15, 0.2) is 0 Å². The quantitative estimate of drug-likeness (QED) is 0.219. The number of imidazole rings is 1. The number of benzene rings is 1. The van der Waals surface area contributed by atoms with E-state index in [0.29, 0.717) is 36.2 Å². The molecule has 0 aliphatic heterocycles. The first kappa shape index (κ1) is 33.0. The zero-order chi connectivity index (χ0) is 32.5. The molecule has 0 amide bonds. The van der Waals surface area contributed by atoms with E-state index in [2.05, 4.69) is 44.5 Å². The number of aryl methyl sites for hydroxylation is 1. The fraction of sp³-hybridized carbons (Fsp3) is 0.600. The van der Waals surface area contributed by atoms with Crippen LogP contribution in [-0.4, -0.2) is 44.5 Å². The number of aromatic amines is 1. The van der Waals surface area contributed by atoms with Crippen LogP contribution in [0.5, 0.6) is 0 Å². The molecule has 0 unspecified atom stereocenters. The van der Waals surface area contributed by atoms with Gasteiger partial charge in [0.05, 0.1) is 28.9 Å². The number of carbonyl (C=O) groups excluding carboxylic acids is 1. The van der Waals surface area contributed by atoms with Crippen molar-refractivity contribution >= 4 is 5.97 Å². The Morgan fingerprint density at radius 1 is 1.15 bits per heavy atom. The van der Waals surface area contributed by atoms with Gasteiger partial charge in [-0.2, -0.15) is 0 Å². The van der Waals surface area contributed by atoms with Crippen molar-refractivity contribution in [1.29, 1.82) is 0 Å². The second kappa shape index (κ2) is 13.6. The smallest absolute Gasteiger partial charge is 0.338 e. The molecule has 4 aliphatic rings. The minimum absolute atomic E-state index is 0.212. The number of fused-ring (bicyclic) bond motifs is 1. The number of aromatic nitrogens is 2. The van der Waals surface area contributed by atoms with Crippen molar-refractivity contribution in [2.24, 2.45) is 23.2 Å². The van der Waals surface area contributed by atoms with Crippen molar-refractivity contribution in [1.82, 2.24) is 9.97 Å². The van der Waals surface area contributed by atoms with E-state index in [1.165, 1.54) is 31.3 Å². The van der Waals surface area contributed by atoms with Gasteiger partial charge in [-0.3, -0.25) is 0 Å². The predicted molar refractivity (Wildman–Crippen MR) is 182 cm³/mol. The highest BCUT2D eigenvalue weighted by Gasteiger charge is 2.56. The highest BCUT2D eigenvalue weighted by atomic mass is 16.5. The Labute approximate surface area is 275 Å². The Hall–Kier alpha value is -2.96.